The molecule has 2 saturated heterocycles. The van der Waals surface area contributed by atoms with Crippen LogP contribution < -0.4 is 26.0 Å². The lowest BCUT2D eigenvalue weighted by atomic mass is 9.88. The Hall–Kier alpha value is -6.03. The molecule has 9 rings (SSSR count). The summed E-state index contributed by atoms with van der Waals surface area (Å²) in [5.74, 6) is -0.487. The molecule has 6 aromatic rings. The van der Waals surface area contributed by atoms with E-state index in [0.717, 1.165) is 67.4 Å². The van der Waals surface area contributed by atoms with Crippen LogP contribution in [0.25, 0.3) is 27.6 Å². The van der Waals surface area contributed by atoms with E-state index >= 15 is 0 Å². The molecule has 3 fully saturated rings. The molecular weight excluding hydrogens is 727 g/mol. The van der Waals surface area contributed by atoms with Gasteiger partial charge in [-0.1, -0.05) is 13.0 Å². The minimum atomic E-state index is -0.710. The van der Waals surface area contributed by atoms with Gasteiger partial charge in [0.15, 0.2) is 5.65 Å². The zero-order chi connectivity index (χ0) is 39.5. The molecule has 4 aromatic heterocycles. The topological polar surface area (TPSA) is 166 Å². The molecule has 1 saturated carbocycles. The molecule has 2 aromatic carbocycles. The molecule has 1 atom stereocenters. The van der Waals surface area contributed by atoms with Gasteiger partial charge in [-0.3, -0.25) is 38.4 Å². The summed E-state index contributed by atoms with van der Waals surface area (Å²) in [4.78, 5) is 60.8. The van der Waals surface area contributed by atoms with Gasteiger partial charge in [-0.15, -0.1) is 0 Å². The predicted octanol–water partition coefficient (Wildman–Crippen LogP) is 4.44. The number of piperidine rings is 1. The Balaban J connectivity index is 0.872. The van der Waals surface area contributed by atoms with Crippen LogP contribution in [0.15, 0.2) is 66.0 Å². The number of para-hydroxylation sites is 1. The predicted molar refractivity (Wildman–Crippen MR) is 215 cm³/mol. The smallest absolute Gasteiger partial charge is 0.329 e. The molecule has 6 heterocycles. The number of imidazole rings is 1. The van der Waals surface area contributed by atoms with Crippen molar-refractivity contribution in [3.63, 3.8) is 0 Å². The average molecular weight is 774 g/mol. The summed E-state index contributed by atoms with van der Waals surface area (Å²) in [6, 6.07) is 11.9. The number of likely N-dealkylation sites (N-methyl/N-ethyl adjacent to an activating group) is 1. The van der Waals surface area contributed by atoms with Gasteiger partial charge in [0, 0.05) is 68.7 Å². The second kappa shape index (κ2) is 14.5. The van der Waals surface area contributed by atoms with Crippen LogP contribution in [0.2, 0.25) is 0 Å². The third kappa shape index (κ3) is 6.50. The third-order valence-electron chi connectivity index (χ3n) is 11.9. The van der Waals surface area contributed by atoms with E-state index in [4.69, 9.17) is 9.84 Å². The second-order valence-corrected chi connectivity index (χ2v) is 15.8. The first-order valence-corrected chi connectivity index (χ1v) is 19.9. The molecule has 57 heavy (non-hydrogen) atoms. The van der Waals surface area contributed by atoms with Crippen molar-refractivity contribution in [3.8, 4) is 5.75 Å². The van der Waals surface area contributed by atoms with Crippen LogP contribution in [0, 0.1) is 0 Å². The minimum Gasteiger partial charge on any atom is -0.489 e. The molecule has 0 spiro atoms. The normalized spacial score (nSPS) is 20.5. The molecule has 0 bridgehead atoms. The molecule has 0 radical (unpaired) electrons. The highest BCUT2D eigenvalue weighted by Gasteiger charge is 2.38. The Bertz CT molecular complexity index is 2590. The van der Waals surface area contributed by atoms with Gasteiger partial charge in [-0.2, -0.15) is 10.2 Å². The molecule has 296 valence electrons. The molecule has 2 aliphatic heterocycles. The minimum absolute atomic E-state index is 0.104. The van der Waals surface area contributed by atoms with Crippen LogP contribution in [0.5, 0.6) is 5.75 Å². The molecule has 1 unspecified atom stereocenters. The largest absolute Gasteiger partial charge is 0.489 e. The number of hydrogen-bond acceptors (Lipinski definition) is 10. The molecular formula is C41H47N11O5. The van der Waals surface area contributed by atoms with E-state index in [1.165, 1.54) is 6.20 Å². The number of carbonyl (C=O) groups excluding carboxylic acids is 3. The van der Waals surface area contributed by atoms with E-state index in [1.807, 2.05) is 38.1 Å². The Morgan fingerprint density at radius 2 is 1.86 bits per heavy atom. The van der Waals surface area contributed by atoms with Crippen molar-refractivity contribution in [3.05, 3.63) is 77.2 Å². The highest BCUT2D eigenvalue weighted by Crippen LogP contribution is 2.38. The van der Waals surface area contributed by atoms with Crippen LogP contribution in [-0.4, -0.2) is 94.0 Å². The summed E-state index contributed by atoms with van der Waals surface area (Å²) in [5.41, 5.74) is 4.48. The summed E-state index contributed by atoms with van der Waals surface area (Å²) in [7, 11) is 1.75. The Kier molecular flexibility index (Phi) is 9.30. The summed E-state index contributed by atoms with van der Waals surface area (Å²) < 4.78 is 13.0. The molecule has 1 aliphatic carbocycles. The quantitative estimate of drug-likeness (QED) is 0.190. The zero-order valence-corrected chi connectivity index (χ0v) is 32.6. The van der Waals surface area contributed by atoms with E-state index in [1.54, 1.807) is 39.2 Å². The maximum Gasteiger partial charge on any atom is 0.329 e. The number of benzene rings is 2. The second-order valence-electron chi connectivity index (χ2n) is 15.8. The van der Waals surface area contributed by atoms with Crippen molar-refractivity contribution in [1.29, 1.82) is 0 Å². The number of anilines is 2. The first kappa shape index (κ1) is 36.6. The fourth-order valence-corrected chi connectivity index (χ4v) is 9.12. The number of carbonyl (C=O) groups is 3. The van der Waals surface area contributed by atoms with Crippen molar-refractivity contribution in [2.24, 2.45) is 7.05 Å². The van der Waals surface area contributed by atoms with Gasteiger partial charge in [0.25, 0.3) is 5.91 Å². The van der Waals surface area contributed by atoms with E-state index < -0.39 is 11.9 Å². The lowest BCUT2D eigenvalue weighted by Gasteiger charge is -2.50. The molecule has 16 heteroatoms. The molecule has 3 aliphatic rings. The van der Waals surface area contributed by atoms with Crippen LogP contribution in [0.4, 0.5) is 11.4 Å². The van der Waals surface area contributed by atoms with Crippen molar-refractivity contribution >= 4 is 56.7 Å². The van der Waals surface area contributed by atoms with Crippen LogP contribution in [0.1, 0.15) is 81.7 Å². The van der Waals surface area contributed by atoms with Gasteiger partial charge in [-0.05, 0) is 76.8 Å². The summed E-state index contributed by atoms with van der Waals surface area (Å²) in [6.07, 6.45) is 11.5. The zero-order valence-electron chi connectivity index (χ0n) is 32.6. The summed E-state index contributed by atoms with van der Waals surface area (Å²) in [6.45, 7) is 8.79. The molecule has 2 N–H and O–H groups in total. The third-order valence-corrected chi connectivity index (χ3v) is 11.9. The summed E-state index contributed by atoms with van der Waals surface area (Å²) in [5, 5.41) is 15.6. The van der Waals surface area contributed by atoms with Crippen molar-refractivity contribution < 1.29 is 19.1 Å². The number of aromatic nitrogens is 7. The van der Waals surface area contributed by atoms with Gasteiger partial charge in [0.2, 0.25) is 11.8 Å². The number of amides is 3. The monoisotopic (exact) mass is 773 g/mol. The van der Waals surface area contributed by atoms with E-state index in [0.29, 0.717) is 46.7 Å². The van der Waals surface area contributed by atoms with Gasteiger partial charge >= 0.3 is 5.69 Å². The first-order chi connectivity index (χ1) is 27.6. The number of imide groups is 1. The van der Waals surface area contributed by atoms with Crippen LogP contribution >= 0.6 is 0 Å². The number of rotatable bonds is 10. The Morgan fingerprint density at radius 3 is 2.61 bits per heavy atom. The van der Waals surface area contributed by atoms with Gasteiger partial charge in [0.1, 0.15) is 17.4 Å². The number of nitrogens with one attached hydrogen (secondary N) is 2. The van der Waals surface area contributed by atoms with Gasteiger partial charge < -0.3 is 15.0 Å². The van der Waals surface area contributed by atoms with E-state index in [9.17, 15) is 19.2 Å². The number of ether oxygens (including phenoxy) is 1. The Morgan fingerprint density at radius 1 is 1.05 bits per heavy atom. The van der Waals surface area contributed by atoms with Crippen molar-refractivity contribution in [1.82, 2.24) is 43.7 Å². The fourth-order valence-electron chi connectivity index (χ4n) is 9.12. The van der Waals surface area contributed by atoms with Crippen LogP contribution in [0.3, 0.4) is 0 Å². The lowest BCUT2D eigenvalue weighted by Crippen LogP contribution is -2.62. The van der Waals surface area contributed by atoms with Crippen molar-refractivity contribution in [2.45, 2.75) is 89.6 Å². The van der Waals surface area contributed by atoms with E-state index in [2.05, 4.69) is 54.4 Å². The number of fused-ring (bicyclic) bond motifs is 3. The summed E-state index contributed by atoms with van der Waals surface area (Å²) >= 11 is 0. The maximum absolute atomic E-state index is 13.5. The van der Waals surface area contributed by atoms with Gasteiger partial charge in [-0.25, -0.2) is 14.3 Å². The standard InChI is InChI=1S/C41H47N11O5/c1-5-49(28-22-48(23-28)32-8-6-9-33-37(32)47(4)41(56)52(33)34-14-15-36(53)45-40(34)55)26-10-12-27(13-11-26)51-21-25-18-31(35(57-24(2)3)19-30(25)46-51)44-39(54)29-20-43-50-17-7-16-42-38(29)50/h6-9,16-21,24,26-28,34H,5,10-15,22-23H2,1-4H3,(H,44,54)(H,45,53,55). The highest BCUT2D eigenvalue weighted by atomic mass is 16.5. The first-order valence-electron chi connectivity index (χ1n) is 19.9. The highest BCUT2D eigenvalue weighted by molar-refractivity contribution is 6.09. The molecule has 16 nitrogen and oxygen atoms in total. The number of hydrogen-bond donors (Lipinski definition) is 2. The van der Waals surface area contributed by atoms with E-state index in [-0.39, 0.29) is 36.1 Å². The van der Waals surface area contributed by atoms with Crippen LogP contribution in [-0.2, 0) is 16.6 Å². The Labute approximate surface area is 328 Å². The average Bonchev–Trinajstić information content (AvgIpc) is 3.87. The van der Waals surface area contributed by atoms with Crippen molar-refractivity contribution in [2.75, 3.05) is 29.9 Å². The number of nitrogens with zero attached hydrogens (tertiary/aromatic N) is 9. The SMILES string of the molecule is CCN(C1CCC(n2cc3cc(NC(=O)c4cnn5cccnc45)c(OC(C)C)cc3n2)CC1)C1CN(c2cccc3c2n(C)c(=O)n3C2CCC(=O)NC2=O)C1. The lowest BCUT2D eigenvalue weighted by molar-refractivity contribution is -0.135. The van der Waals surface area contributed by atoms with Gasteiger partial charge in [0.05, 0.1) is 46.3 Å². The molecule has 3 amide bonds. The number of aryl methyl sites for hydroxylation is 1. The fraction of sp³-hybridized carbons (Fsp3) is 0.439. The maximum atomic E-state index is 13.5.